The molecule has 1 atom stereocenters. The number of halogens is 3. The summed E-state index contributed by atoms with van der Waals surface area (Å²) in [6.45, 7) is 4.30. The average molecular weight is 436 g/mol. The number of amides is 1. The van der Waals surface area contributed by atoms with E-state index >= 15 is 0 Å². The van der Waals surface area contributed by atoms with Crippen molar-refractivity contribution >= 4 is 5.91 Å². The number of H-pyrrole nitrogens is 1. The maximum absolute atomic E-state index is 14.1. The van der Waals surface area contributed by atoms with Crippen LogP contribution in [0.2, 0.25) is 0 Å². The van der Waals surface area contributed by atoms with Crippen LogP contribution in [0.4, 0.5) is 13.2 Å². The number of hydrogen-bond acceptors (Lipinski definition) is 4. The highest BCUT2D eigenvalue weighted by Gasteiger charge is 2.43. The molecule has 1 saturated heterocycles. The maximum atomic E-state index is 14.1. The number of benzene rings is 1. The van der Waals surface area contributed by atoms with Crippen molar-refractivity contribution in [2.24, 2.45) is 0 Å². The molecular weight excluding hydrogens is 413 g/mol. The molecule has 0 bridgehead atoms. The second kappa shape index (κ2) is 8.03. The molecule has 31 heavy (non-hydrogen) atoms. The molecule has 1 amide bonds. The Kier molecular flexibility index (Phi) is 5.55. The maximum Gasteiger partial charge on any atom is 0.420 e. The summed E-state index contributed by atoms with van der Waals surface area (Å²) in [6, 6.07) is 4.59. The molecule has 2 aliphatic heterocycles. The van der Waals surface area contributed by atoms with Crippen molar-refractivity contribution in [2.45, 2.75) is 45.5 Å². The molecule has 6 nitrogen and oxygen atoms in total. The number of alkyl halides is 3. The van der Waals surface area contributed by atoms with E-state index in [1.165, 1.54) is 17.0 Å². The Balaban J connectivity index is 1.72. The second-order valence-electron chi connectivity index (χ2n) is 7.99. The molecule has 3 heterocycles. The molecule has 1 fully saturated rings. The van der Waals surface area contributed by atoms with Crippen molar-refractivity contribution in [1.82, 2.24) is 9.88 Å². The molecule has 1 aromatic carbocycles. The van der Waals surface area contributed by atoms with E-state index in [9.17, 15) is 22.8 Å². The van der Waals surface area contributed by atoms with Crippen molar-refractivity contribution in [3.8, 4) is 5.75 Å². The van der Waals surface area contributed by atoms with Gasteiger partial charge in [-0.1, -0.05) is 6.07 Å². The number of carbonyl (C=O) groups is 1. The number of pyridine rings is 1. The predicted octanol–water partition coefficient (Wildman–Crippen LogP) is 3.38. The Morgan fingerprint density at radius 2 is 2.03 bits per heavy atom. The van der Waals surface area contributed by atoms with Gasteiger partial charge in [-0.3, -0.25) is 9.59 Å². The summed E-state index contributed by atoms with van der Waals surface area (Å²) >= 11 is 0. The number of nitrogens with one attached hydrogen (secondary N) is 1. The van der Waals surface area contributed by atoms with Crippen LogP contribution in [-0.2, 0) is 23.9 Å². The minimum absolute atomic E-state index is 0.0570. The summed E-state index contributed by atoms with van der Waals surface area (Å²) < 4.78 is 53.0. The van der Waals surface area contributed by atoms with Gasteiger partial charge in [-0.05, 0) is 43.5 Å². The molecule has 2 aliphatic rings. The lowest BCUT2D eigenvalue weighted by molar-refractivity contribution is -0.139. The molecule has 0 spiro atoms. The lowest BCUT2D eigenvalue weighted by atomic mass is 9.92. The van der Waals surface area contributed by atoms with Crippen molar-refractivity contribution in [1.29, 1.82) is 0 Å². The zero-order chi connectivity index (χ0) is 22.3. The topological polar surface area (TPSA) is 71.6 Å². The zero-order valence-electron chi connectivity index (χ0n) is 17.3. The Morgan fingerprint density at radius 3 is 2.68 bits per heavy atom. The molecule has 9 heteroatoms. The molecule has 1 N–H and O–H groups in total. The number of fused-ring (bicyclic) bond motifs is 1. The van der Waals surface area contributed by atoms with Crippen LogP contribution in [0.15, 0.2) is 23.0 Å². The molecule has 4 rings (SSSR count). The number of aromatic nitrogens is 1. The Morgan fingerprint density at radius 1 is 1.26 bits per heavy atom. The number of hydrogen-bond donors (Lipinski definition) is 1. The van der Waals surface area contributed by atoms with E-state index in [0.717, 1.165) is 0 Å². The van der Waals surface area contributed by atoms with Crippen LogP contribution in [0.5, 0.6) is 5.75 Å². The Bertz CT molecular complexity index is 1070. The second-order valence-corrected chi connectivity index (χ2v) is 7.99. The summed E-state index contributed by atoms with van der Waals surface area (Å²) in [6.07, 6.45) is -4.50. The number of rotatable bonds is 4. The third kappa shape index (κ3) is 4.19. The van der Waals surface area contributed by atoms with Crippen molar-refractivity contribution in [3.63, 3.8) is 0 Å². The highest BCUT2D eigenvalue weighted by molar-refractivity contribution is 5.99. The van der Waals surface area contributed by atoms with E-state index in [1.807, 2.05) is 0 Å². The third-order valence-electron chi connectivity index (χ3n) is 5.71. The molecule has 0 saturated carbocycles. The molecule has 1 aromatic heterocycles. The van der Waals surface area contributed by atoms with Crippen LogP contribution in [-0.4, -0.2) is 41.7 Å². The van der Waals surface area contributed by atoms with Gasteiger partial charge in [0, 0.05) is 24.2 Å². The first-order valence-electron chi connectivity index (χ1n) is 10.1. The van der Waals surface area contributed by atoms with Crippen LogP contribution in [0, 0.1) is 13.8 Å². The zero-order valence-corrected chi connectivity index (χ0v) is 17.3. The van der Waals surface area contributed by atoms with Gasteiger partial charge in [0.25, 0.3) is 11.5 Å². The quantitative estimate of drug-likeness (QED) is 0.798. The highest BCUT2D eigenvalue weighted by Crippen LogP contribution is 2.42. The van der Waals surface area contributed by atoms with Gasteiger partial charge in [0.15, 0.2) is 0 Å². The molecule has 166 valence electrons. The number of ether oxygens (including phenoxy) is 2. The van der Waals surface area contributed by atoms with Crippen molar-refractivity contribution < 1.29 is 27.4 Å². The minimum atomic E-state index is -4.77. The summed E-state index contributed by atoms with van der Waals surface area (Å²) in [5.41, 5.74) is 0.278. The fraction of sp³-hybridized carbons (Fsp3) is 0.455. The van der Waals surface area contributed by atoms with E-state index in [-0.39, 0.29) is 37.4 Å². The van der Waals surface area contributed by atoms with Crippen molar-refractivity contribution in [2.75, 3.05) is 19.8 Å². The first-order chi connectivity index (χ1) is 14.6. The third-order valence-corrected chi connectivity index (χ3v) is 5.71. The van der Waals surface area contributed by atoms with Crippen LogP contribution < -0.4 is 10.3 Å². The van der Waals surface area contributed by atoms with Gasteiger partial charge in [0.05, 0.1) is 25.3 Å². The van der Waals surface area contributed by atoms with E-state index in [0.29, 0.717) is 35.4 Å². The van der Waals surface area contributed by atoms with Gasteiger partial charge in [-0.25, -0.2) is 0 Å². The van der Waals surface area contributed by atoms with Gasteiger partial charge < -0.3 is 19.4 Å². The summed E-state index contributed by atoms with van der Waals surface area (Å²) in [7, 11) is 0. The Labute approximate surface area is 177 Å². The molecule has 0 unspecified atom stereocenters. The minimum Gasteiger partial charge on any atom is -0.487 e. The largest absolute Gasteiger partial charge is 0.487 e. The molecule has 0 aliphatic carbocycles. The van der Waals surface area contributed by atoms with Gasteiger partial charge >= 0.3 is 6.18 Å². The highest BCUT2D eigenvalue weighted by atomic mass is 19.4. The van der Waals surface area contributed by atoms with E-state index in [2.05, 4.69) is 4.98 Å². The van der Waals surface area contributed by atoms with Crippen LogP contribution in [0.1, 0.15) is 44.7 Å². The van der Waals surface area contributed by atoms with E-state index in [4.69, 9.17) is 9.47 Å². The fourth-order valence-electron chi connectivity index (χ4n) is 4.18. The number of nitrogens with zero attached hydrogens (tertiary/aromatic N) is 1. The van der Waals surface area contributed by atoms with Gasteiger partial charge in [0.2, 0.25) is 0 Å². The summed E-state index contributed by atoms with van der Waals surface area (Å²) in [4.78, 5) is 29.5. The first kappa shape index (κ1) is 21.4. The lowest BCUT2D eigenvalue weighted by Crippen LogP contribution is -2.40. The average Bonchev–Trinajstić information content (AvgIpc) is 3.18. The SMILES string of the molecule is Cc1cc(C)c(CN2CCc3ccc(O[C@@H]4CCOC4)c(C(F)(F)F)c3C2=O)c(=O)[nH]1. The van der Waals surface area contributed by atoms with Crippen molar-refractivity contribution in [3.05, 3.63) is 62.1 Å². The normalized spacial score (nSPS) is 18.9. The monoisotopic (exact) mass is 436 g/mol. The van der Waals surface area contributed by atoms with Gasteiger partial charge in [0.1, 0.15) is 17.4 Å². The number of carbonyl (C=O) groups excluding carboxylic acids is 1. The molecular formula is C22H23F3N2O4. The fourth-order valence-corrected chi connectivity index (χ4v) is 4.18. The van der Waals surface area contributed by atoms with E-state index in [1.54, 1.807) is 19.9 Å². The van der Waals surface area contributed by atoms with Crippen LogP contribution in [0.3, 0.4) is 0 Å². The van der Waals surface area contributed by atoms with E-state index < -0.39 is 29.3 Å². The lowest BCUT2D eigenvalue weighted by Gasteiger charge is -2.31. The molecule has 2 aromatic rings. The first-order valence-corrected chi connectivity index (χ1v) is 10.1. The van der Waals surface area contributed by atoms with Gasteiger partial charge in [-0.2, -0.15) is 13.2 Å². The smallest absolute Gasteiger partial charge is 0.420 e. The number of aryl methyl sites for hydroxylation is 2. The Hall–Kier alpha value is -2.81. The standard InChI is InChI=1S/C22H23F3N2O4/c1-12-9-13(2)26-20(28)16(12)10-27-7-5-14-3-4-17(31-15-6-8-30-11-15)19(22(23,24)25)18(14)21(27)29/h3-4,9,15H,5-8,10-11H2,1-2H3,(H,26,28)/t15-/m1/s1. The van der Waals surface area contributed by atoms with Gasteiger partial charge in [-0.15, -0.1) is 0 Å². The predicted molar refractivity (Wildman–Crippen MR) is 106 cm³/mol. The van der Waals surface area contributed by atoms with Crippen LogP contribution >= 0.6 is 0 Å². The molecule has 0 radical (unpaired) electrons. The summed E-state index contributed by atoms with van der Waals surface area (Å²) in [5.74, 6) is -1.11. The van der Waals surface area contributed by atoms with Crippen LogP contribution in [0.25, 0.3) is 0 Å². The number of aromatic amines is 1. The summed E-state index contributed by atoms with van der Waals surface area (Å²) in [5, 5.41) is 0.